The smallest absolute Gasteiger partial charge is 0.252 e. The number of tetrazole rings is 1. The Morgan fingerprint density at radius 3 is 2.34 bits per heavy atom. The summed E-state index contributed by atoms with van der Waals surface area (Å²) in [5.74, 6) is 2.10. The number of hydrogen-bond acceptors (Lipinski definition) is 7. The van der Waals surface area contributed by atoms with Gasteiger partial charge < -0.3 is 14.5 Å². The summed E-state index contributed by atoms with van der Waals surface area (Å²) in [7, 11) is 0. The van der Waals surface area contributed by atoms with Crippen molar-refractivity contribution in [3.8, 4) is 11.5 Å². The molecule has 0 saturated heterocycles. The second-order valence-electron chi connectivity index (χ2n) is 9.39. The molecule has 0 amide bonds. The van der Waals surface area contributed by atoms with Gasteiger partial charge in [-0.15, -0.1) is 5.10 Å². The van der Waals surface area contributed by atoms with Crippen molar-refractivity contribution in [1.82, 2.24) is 30.1 Å². The first-order valence-corrected chi connectivity index (χ1v) is 12.7. The number of nitrogens with zero attached hydrogens (tertiary/aromatic N) is 5. The Morgan fingerprint density at radius 1 is 0.868 bits per heavy atom. The van der Waals surface area contributed by atoms with E-state index in [1.54, 1.807) is 0 Å². The summed E-state index contributed by atoms with van der Waals surface area (Å²) in [4.78, 5) is 18.4. The summed E-state index contributed by atoms with van der Waals surface area (Å²) < 4.78 is 13.2. The van der Waals surface area contributed by atoms with Gasteiger partial charge in [-0.05, 0) is 40.1 Å². The molecule has 38 heavy (non-hydrogen) atoms. The second-order valence-corrected chi connectivity index (χ2v) is 9.39. The highest BCUT2D eigenvalue weighted by Crippen LogP contribution is 2.33. The highest BCUT2D eigenvalue weighted by molar-refractivity contribution is 5.83. The van der Waals surface area contributed by atoms with Crippen LogP contribution < -0.4 is 15.0 Å². The van der Waals surface area contributed by atoms with Crippen molar-refractivity contribution in [2.45, 2.75) is 26.1 Å². The van der Waals surface area contributed by atoms with E-state index in [-0.39, 0.29) is 5.56 Å². The number of H-pyrrole nitrogens is 1. The van der Waals surface area contributed by atoms with E-state index in [4.69, 9.17) is 9.47 Å². The zero-order chi connectivity index (χ0) is 25.7. The number of hydrogen-bond donors (Lipinski definition) is 1. The summed E-state index contributed by atoms with van der Waals surface area (Å²) >= 11 is 0. The van der Waals surface area contributed by atoms with Gasteiger partial charge in [0.25, 0.3) is 5.56 Å². The van der Waals surface area contributed by atoms with Crippen LogP contribution in [0.5, 0.6) is 11.5 Å². The zero-order valence-corrected chi connectivity index (χ0v) is 20.9. The van der Waals surface area contributed by atoms with Crippen LogP contribution in [-0.2, 0) is 26.1 Å². The van der Waals surface area contributed by atoms with Gasteiger partial charge in [-0.1, -0.05) is 60.7 Å². The molecule has 0 fully saturated rings. The molecule has 1 aliphatic rings. The summed E-state index contributed by atoms with van der Waals surface area (Å²) in [6, 6.07) is 26.1. The minimum Gasteiger partial charge on any atom is -0.486 e. The van der Waals surface area contributed by atoms with E-state index in [0.717, 1.165) is 35.3 Å². The molecular formula is C29H28N6O3. The van der Waals surface area contributed by atoms with E-state index < -0.39 is 0 Å². The monoisotopic (exact) mass is 508 g/mol. The van der Waals surface area contributed by atoms with Gasteiger partial charge in [-0.2, -0.15) is 0 Å². The number of ether oxygens (including phenoxy) is 2. The number of fused-ring (bicyclic) bond motifs is 2. The summed E-state index contributed by atoms with van der Waals surface area (Å²) in [5.41, 5.74) is 3.63. The third-order valence-electron chi connectivity index (χ3n) is 6.68. The molecule has 0 atom stereocenters. The molecule has 5 aromatic rings. The Labute approximate surface area is 219 Å². The van der Waals surface area contributed by atoms with Gasteiger partial charge in [-0.3, -0.25) is 9.69 Å². The Kier molecular flexibility index (Phi) is 6.82. The van der Waals surface area contributed by atoms with Gasteiger partial charge in [-0.25, -0.2) is 4.68 Å². The van der Waals surface area contributed by atoms with Crippen LogP contribution in [0.2, 0.25) is 0 Å². The van der Waals surface area contributed by atoms with Crippen LogP contribution in [0.15, 0.2) is 83.7 Å². The standard InChI is InChI=1S/C29H28N6O3/c36-29-24(15-23-16-26-27(17-25(23)30-29)38-14-13-37-26)19-34(12-11-21-7-3-1-4-8-21)20-28-31-32-33-35(28)18-22-9-5-2-6-10-22/h1-10,15-17H,11-14,18-20H2,(H,30,36). The Morgan fingerprint density at radius 2 is 1.58 bits per heavy atom. The maximum atomic E-state index is 13.1. The Bertz CT molecular complexity index is 1580. The predicted octanol–water partition coefficient (Wildman–Crippen LogP) is 3.58. The van der Waals surface area contributed by atoms with Crippen LogP contribution in [0.3, 0.4) is 0 Å². The third kappa shape index (κ3) is 5.42. The van der Waals surface area contributed by atoms with Crippen molar-refractivity contribution in [2.24, 2.45) is 0 Å². The summed E-state index contributed by atoms with van der Waals surface area (Å²) in [6.45, 7) is 3.29. The molecule has 192 valence electrons. The summed E-state index contributed by atoms with van der Waals surface area (Å²) in [6.07, 6.45) is 0.839. The molecule has 0 unspecified atom stereocenters. The number of nitrogens with one attached hydrogen (secondary N) is 1. The molecule has 3 heterocycles. The minimum atomic E-state index is -0.122. The molecule has 1 aliphatic heterocycles. The van der Waals surface area contributed by atoms with Crippen molar-refractivity contribution in [3.05, 3.63) is 112 Å². The molecule has 0 bridgehead atoms. The van der Waals surface area contributed by atoms with Gasteiger partial charge in [0, 0.05) is 30.1 Å². The molecule has 3 aromatic carbocycles. The van der Waals surface area contributed by atoms with E-state index >= 15 is 0 Å². The number of pyridine rings is 1. The van der Waals surface area contributed by atoms with Crippen molar-refractivity contribution in [3.63, 3.8) is 0 Å². The van der Waals surface area contributed by atoms with E-state index in [1.165, 1.54) is 5.56 Å². The zero-order valence-electron chi connectivity index (χ0n) is 20.9. The molecular weight excluding hydrogens is 480 g/mol. The lowest BCUT2D eigenvalue weighted by molar-refractivity contribution is 0.172. The van der Waals surface area contributed by atoms with Crippen molar-refractivity contribution in [1.29, 1.82) is 0 Å². The summed E-state index contributed by atoms with van der Waals surface area (Å²) in [5, 5.41) is 13.4. The van der Waals surface area contributed by atoms with E-state index in [1.807, 2.05) is 59.3 Å². The Balaban J connectivity index is 1.27. The maximum absolute atomic E-state index is 13.1. The fourth-order valence-electron chi connectivity index (χ4n) is 4.71. The fraction of sp³-hybridized carbons (Fsp3) is 0.241. The molecule has 0 aliphatic carbocycles. The largest absolute Gasteiger partial charge is 0.486 e. The first-order valence-electron chi connectivity index (χ1n) is 12.7. The minimum absolute atomic E-state index is 0.122. The van der Waals surface area contributed by atoms with Crippen LogP contribution in [-0.4, -0.2) is 49.8 Å². The fourth-order valence-corrected chi connectivity index (χ4v) is 4.71. The predicted molar refractivity (Wildman–Crippen MR) is 143 cm³/mol. The average molecular weight is 509 g/mol. The lowest BCUT2D eigenvalue weighted by atomic mass is 10.1. The highest BCUT2D eigenvalue weighted by Gasteiger charge is 2.18. The van der Waals surface area contributed by atoms with Crippen molar-refractivity contribution in [2.75, 3.05) is 19.8 Å². The first kappa shape index (κ1) is 23.9. The Hall–Kier alpha value is -4.50. The second kappa shape index (κ2) is 10.9. The molecule has 0 radical (unpaired) electrons. The molecule has 2 aromatic heterocycles. The van der Waals surface area contributed by atoms with Gasteiger partial charge in [0.05, 0.1) is 18.6 Å². The van der Waals surface area contributed by atoms with E-state index in [9.17, 15) is 4.79 Å². The number of aromatic amines is 1. The molecule has 9 nitrogen and oxygen atoms in total. The van der Waals surface area contributed by atoms with Crippen molar-refractivity contribution >= 4 is 10.9 Å². The van der Waals surface area contributed by atoms with E-state index in [0.29, 0.717) is 49.9 Å². The van der Waals surface area contributed by atoms with Crippen LogP contribution in [0, 0.1) is 0 Å². The maximum Gasteiger partial charge on any atom is 0.252 e. The number of aromatic nitrogens is 5. The highest BCUT2D eigenvalue weighted by atomic mass is 16.6. The van der Waals surface area contributed by atoms with E-state index in [2.05, 4.69) is 49.7 Å². The van der Waals surface area contributed by atoms with Crippen LogP contribution in [0.25, 0.3) is 10.9 Å². The van der Waals surface area contributed by atoms with Gasteiger partial charge in [0.15, 0.2) is 17.3 Å². The SMILES string of the molecule is O=c1[nH]c2cc3c(cc2cc1CN(CCc1ccccc1)Cc1nnnn1Cc1ccccc1)OCCO3. The quantitative estimate of drug-likeness (QED) is 0.325. The molecule has 6 rings (SSSR count). The van der Waals surface area contributed by atoms with Crippen molar-refractivity contribution < 1.29 is 9.47 Å². The average Bonchev–Trinajstić information content (AvgIpc) is 3.38. The molecule has 0 saturated carbocycles. The lowest BCUT2D eigenvalue weighted by Gasteiger charge is -2.22. The molecule has 0 spiro atoms. The van der Waals surface area contributed by atoms with Gasteiger partial charge in [0.1, 0.15) is 13.2 Å². The van der Waals surface area contributed by atoms with Crippen LogP contribution >= 0.6 is 0 Å². The normalized spacial score (nSPS) is 12.8. The van der Waals surface area contributed by atoms with Crippen LogP contribution in [0.1, 0.15) is 22.5 Å². The number of benzene rings is 3. The third-order valence-corrected chi connectivity index (χ3v) is 6.68. The number of rotatable bonds is 9. The topological polar surface area (TPSA) is 98.2 Å². The van der Waals surface area contributed by atoms with Gasteiger partial charge >= 0.3 is 0 Å². The van der Waals surface area contributed by atoms with Gasteiger partial charge in [0.2, 0.25) is 0 Å². The van der Waals surface area contributed by atoms with Crippen LogP contribution in [0.4, 0.5) is 0 Å². The lowest BCUT2D eigenvalue weighted by Crippen LogP contribution is -2.30. The first-order chi connectivity index (χ1) is 18.7. The molecule has 9 heteroatoms. The molecule has 1 N–H and O–H groups in total.